The molecule has 0 aliphatic heterocycles. The smallest absolute Gasteiger partial charge is 0.103 e. The van der Waals surface area contributed by atoms with Gasteiger partial charge in [0.25, 0.3) is 0 Å². The Morgan fingerprint density at radius 1 is 1.44 bits per heavy atom. The van der Waals surface area contributed by atoms with Gasteiger partial charge in [0.2, 0.25) is 0 Å². The van der Waals surface area contributed by atoms with Gasteiger partial charge in [0.1, 0.15) is 10.1 Å². The molecule has 0 saturated heterocycles. The third kappa shape index (κ3) is 2.23. The van der Waals surface area contributed by atoms with Crippen molar-refractivity contribution in [2.75, 3.05) is 0 Å². The summed E-state index contributed by atoms with van der Waals surface area (Å²) >= 11 is 1.50. The number of rotatable bonds is 2. The second-order valence-electron chi connectivity index (χ2n) is 3.34. The van der Waals surface area contributed by atoms with Crippen molar-refractivity contribution in [2.24, 2.45) is 7.05 Å². The van der Waals surface area contributed by atoms with E-state index in [0.29, 0.717) is 5.56 Å². The molecular formula is C11H10N4S. The predicted octanol–water partition coefficient (Wildman–Crippen LogP) is 2.15. The summed E-state index contributed by atoms with van der Waals surface area (Å²) in [7, 11) is 1.89. The number of aromatic nitrogens is 3. The molecule has 0 fully saturated rings. The molecule has 16 heavy (non-hydrogen) atoms. The van der Waals surface area contributed by atoms with Crippen molar-refractivity contribution in [1.82, 2.24) is 14.8 Å². The van der Waals surface area contributed by atoms with E-state index in [1.54, 1.807) is 23.0 Å². The monoisotopic (exact) mass is 230 g/mol. The lowest BCUT2D eigenvalue weighted by molar-refractivity contribution is 0.692. The maximum atomic E-state index is 8.78. The first-order valence-corrected chi connectivity index (χ1v) is 5.55. The first kappa shape index (κ1) is 10.7. The van der Waals surface area contributed by atoms with E-state index in [1.807, 2.05) is 20.0 Å². The van der Waals surface area contributed by atoms with Crippen molar-refractivity contribution in [1.29, 1.82) is 5.26 Å². The first-order chi connectivity index (χ1) is 7.69. The minimum atomic E-state index is 0.622. The highest BCUT2D eigenvalue weighted by Crippen LogP contribution is 2.26. The van der Waals surface area contributed by atoms with Crippen LogP contribution in [0.15, 0.2) is 34.4 Å². The van der Waals surface area contributed by atoms with Crippen LogP contribution in [0, 0.1) is 18.3 Å². The Labute approximate surface area is 97.9 Å². The van der Waals surface area contributed by atoms with Crippen LogP contribution in [0.1, 0.15) is 11.3 Å². The fourth-order valence-corrected chi connectivity index (χ4v) is 2.24. The van der Waals surface area contributed by atoms with Crippen LogP contribution < -0.4 is 0 Å². The van der Waals surface area contributed by atoms with Crippen LogP contribution in [-0.2, 0) is 7.05 Å². The van der Waals surface area contributed by atoms with Crippen LogP contribution in [0.4, 0.5) is 0 Å². The molecule has 0 aromatic carbocycles. The van der Waals surface area contributed by atoms with E-state index < -0.39 is 0 Å². The normalized spacial score (nSPS) is 10.1. The summed E-state index contributed by atoms with van der Waals surface area (Å²) in [6, 6.07) is 7.55. The van der Waals surface area contributed by atoms with Crippen molar-refractivity contribution in [3.8, 4) is 6.07 Å². The SMILES string of the molecule is Cc1cc(Sc2cc(C#N)ccn2)n(C)n1. The molecule has 0 aliphatic carbocycles. The van der Waals surface area contributed by atoms with Crippen molar-refractivity contribution in [3.63, 3.8) is 0 Å². The highest BCUT2D eigenvalue weighted by atomic mass is 32.2. The number of aryl methyl sites for hydroxylation is 2. The fourth-order valence-electron chi connectivity index (χ4n) is 1.32. The summed E-state index contributed by atoms with van der Waals surface area (Å²) < 4.78 is 1.81. The summed E-state index contributed by atoms with van der Waals surface area (Å²) in [5.74, 6) is 0. The summed E-state index contributed by atoms with van der Waals surface area (Å²) in [4.78, 5) is 4.20. The van der Waals surface area contributed by atoms with Gasteiger partial charge in [-0.15, -0.1) is 0 Å². The molecule has 2 aromatic rings. The van der Waals surface area contributed by atoms with Gasteiger partial charge in [0, 0.05) is 13.2 Å². The maximum Gasteiger partial charge on any atom is 0.103 e. The quantitative estimate of drug-likeness (QED) is 0.793. The summed E-state index contributed by atoms with van der Waals surface area (Å²) in [5, 5.41) is 14.9. The predicted molar refractivity (Wildman–Crippen MR) is 61.0 cm³/mol. The van der Waals surface area contributed by atoms with Gasteiger partial charge in [-0.1, -0.05) is 11.8 Å². The summed E-state index contributed by atoms with van der Waals surface area (Å²) in [6.07, 6.45) is 1.64. The Morgan fingerprint density at radius 3 is 2.88 bits per heavy atom. The number of nitrogens with zero attached hydrogens (tertiary/aromatic N) is 4. The molecule has 0 atom stereocenters. The van der Waals surface area contributed by atoms with Gasteiger partial charge < -0.3 is 0 Å². The van der Waals surface area contributed by atoms with Crippen molar-refractivity contribution >= 4 is 11.8 Å². The molecule has 2 heterocycles. The zero-order valence-corrected chi connectivity index (χ0v) is 9.82. The topological polar surface area (TPSA) is 54.5 Å². The third-order valence-electron chi connectivity index (χ3n) is 2.03. The highest BCUT2D eigenvalue weighted by Gasteiger charge is 2.05. The average Bonchev–Trinajstić information content (AvgIpc) is 2.58. The third-order valence-corrected chi connectivity index (χ3v) is 3.06. The number of pyridine rings is 1. The van der Waals surface area contributed by atoms with Gasteiger partial charge in [0.05, 0.1) is 17.3 Å². The molecule has 0 aliphatic rings. The van der Waals surface area contributed by atoms with E-state index in [0.717, 1.165) is 15.7 Å². The second kappa shape index (κ2) is 4.37. The Kier molecular flexibility index (Phi) is 2.93. The van der Waals surface area contributed by atoms with Gasteiger partial charge >= 0.3 is 0 Å². The van der Waals surface area contributed by atoms with Crippen LogP contribution >= 0.6 is 11.8 Å². The number of hydrogen-bond donors (Lipinski definition) is 0. The molecular weight excluding hydrogens is 220 g/mol. The molecule has 0 amide bonds. The lowest BCUT2D eigenvalue weighted by Gasteiger charge is -2.00. The molecule has 4 nitrogen and oxygen atoms in total. The molecule has 5 heteroatoms. The minimum Gasteiger partial charge on any atom is -0.261 e. The maximum absolute atomic E-state index is 8.78. The van der Waals surface area contributed by atoms with E-state index in [1.165, 1.54) is 11.8 Å². The van der Waals surface area contributed by atoms with Crippen molar-refractivity contribution in [2.45, 2.75) is 17.0 Å². The average molecular weight is 230 g/mol. The van der Waals surface area contributed by atoms with Gasteiger partial charge in [-0.3, -0.25) is 4.68 Å². The Morgan fingerprint density at radius 2 is 2.25 bits per heavy atom. The van der Waals surface area contributed by atoms with E-state index in [9.17, 15) is 0 Å². The van der Waals surface area contributed by atoms with Crippen LogP contribution in [0.2, 0.25) is 0 Å². The largest absolute Gasteiger partial charge is 0.261 e. The molecule has 80 valence electrons. The van der Waals surface area contributed by atoms with E-state index in [4.69, 9.17) is 5.26 Å². The Bertz CT molecular complexity index is 553. The van der Waals surface area contributed by atoms with Crippen LogP contribution in [0.25, 0.3) is 0 Å². The van der Waals surface area contributed by atoms with Crippen molar-refractivity contribution < 1.29 is 0 Å². The molecule has 2 rings (SSSR count). The second-order valence-corrected chi connectivity index (χ2v) is 4.38. The lowest BCUT2D eigenvalue weighted by atomic mass is 10.3. The molecule has 0 N–H and O–H groups in total. The number of nitriles is 1. The Balaban J connectivity index is 2.27. The van der Waals surface area contributed by atoms with Crippen LogP contribution in [0.3, 0.4) is 0 Å². The Hall–Kier alpha value is -1.80. The van der Waals surface area contributed by atoms with E-state index in [2.05, 4.69) is 16.2 Å². The zero-order chi connectivity index (χ0) is 11.5. The fraction of sp³-hybridized carbons (Fsp3) is 0.182. The minimum absolute atomic E-state index is 0.622. The van der Waals surface area contributed by atoms with Gasteiger partial charge in [-0.05, 0) is 25.1 Å². The standard InChI is InChI=1S/C11H10N4S/c1-8-5-11(15(2)14-8)16-10-6-9(7-12)3-4-13-10/h3-6H,1-2H3. The first-order valence-electron chi connectivity index (χ1n) is 4.73. The molecule has 0 unspecified atom stereocenters. The molecule has 2 aromatic heterocycles. The zero-order valence-electron chi connectivity index (χ0n) is 9.01. The van der Waals surface area contributed by atoms with E-state index in [-0.39, 0.29) is 0 Å². The summed E-state index contributed by atoms with van der Waals surface area (Å²) in [5.41, 5.74) is 1.60. The van der Waals surface area contributed by atoms with Crippen LogP contribution in [0.5, 0.6) is 0 Å². The summed E-state index contributed by atoms with van der Waals surface area (Å²) in [6.45, 7) is 1.95. The van der Waals surface area contributed by atoms with Gasteiger partial charge in [-0.2, -0.15) is 10.4 Å². The molecule has 0 saturated carbocycles. The van der Waals surface area contributed by atoms with Crippen molar-refractivity contribution in [3.05, 3.63) is 35.7 Å². The van der Waals surface area contributed by atoms with Gasteiger partial charge in [-0.25, -0.2) is 4.98 Å². The van der Waals surface area contributed by atoms with Gasteiger partial charge in [0.15, 0.2) is 0 Å². The number of hydrogen-bond acceptors (Lipinski definition) is 4. The molecule has 0 radical (unpaired) electrons. The molecule has 0 bridgehead atoms. The lowest BCUT2D eigenvalue weighted by Crippen LogP contribution is -1.92. The molecule has 0 spiro atoms. The van der Waals surface area contributed by atoms with E-state index >= 15 is 0 Å². The van der Waals surface area contributed by atoms with Crippen LogP contribution in [-0.4, -0.2) is 14.8 Å². The highest BCUT2D eigenvalue weighted by molar-refractivity contribution is 7.99.